The Bertz CT molecular complexity index is 336. The highest BCUT2D eigenvalue weighted by Crippen LogP contribution is 2.13. The third kappa shape index (κ3) is 3.80. The number of piperazine rings is 1. The van der Waals surface area contributed by atoms with Gasteiger partial charge in [0.2, 0.25) is 0 Å². The van der Waals surface area contributed by atoms with Crippen LogP contribution >= 0.6 is 23.0 Å². The maximum atomic E-state index is 5.19. The number of anilines is 1. The Kier molecular flexibility index (Phi) is 5.02. The molecule has 1 aromatic rings. The van der Waals surface area contributed by atoms with E-state index in [1.807, 2.05) is 35.1 Å². The van der Waals surface area contributed by atoms with Crippen molar-refractivity contribution in [2.45, 2.75) is 6.54 Å². The van der Waals surface area contributed by atoms with Gasteiger partial charge in [0, 0.05) is 45.5 Å². The van der Waals surface area contributed by atoms with Gasteiger partial charge in [-0.2, -0.15) is 5.06 Å². The first kappa shape index (κ1) is 13.1. The predicted octanol–water partition coefficient (Wildman–Crippen LogP) is 2.13. The van der Waals surface area contributed by atoms with Crippen molar-refractivity contribution < 1.29 is 3.17 Å². The first-order chi connectivity index (χ1) is 8.31. The van der Waals surface area contributed by atoms with Crippen molar-refractivity contribution in [1.82, 2.24) is 9.96 Å². The largest absolute Gasteiger partial charge is 0.388 e. The van der Waals surface area contributed by atoms with E-state index in [0.717, 1.165) is 38.4 Å². The summed E-state index contributed by atoms with van der Waals surface area (Å²) in [6.45, 7) is 5.13. The summed E-state index contributed by atoms with van der Waals surface area (Å²) in [5, 5.41) is 5.13. The summed E-state index contributed by atoms with van der Waals surface area (Å²) in [7, 11) is 1.94. The van der Waals surface area contributed by atoms with Gasteiger partial charge >= 0.3 is 0 Å². The molecular formula is C12H18IN3O. The fourth-order valence-electron chi connectivity index (χ4n) is 1.99. The minimum Gasteiger partial charge on any atom is -0.388 e. The van der Waals surface area contributed by atoms with E-state index in [1.165, 1.54) is 5.56 Å². The van der Waals surface area contributed by atoms with Gasteiger partial charge in [0.25, 0.3) is 0 Å². The van der Waals surface area contributed by atoms with E-state index < -0.39 is 0 Å². The highest BCUT2D eigenvalue weighted by atomic mass is 127. The normalized spacial score (nSPS) is 18.2. The van der Waals surface area contributed by atoms with E-state index in [-0.39, 0.29) is 0 Å². The lowest BCUT2D eigenvalue weighted by atomic mass is 10.2. The van der Waals surface area contributed by atoms with Crippen LogP contribution < -0.4 is 5.32 Å². The number of benzene rings is 1. The molecule has 1 heterocycles. The molecule has 0 aromatic heterocycles. The SMILES string of the molecule is CNc1ccc(CN2CCN(OI)CC2)cc1. The highest BCUT2D eigenvalue weighted by molar-refractivity contribution is 14.1. The third-order valence-electron chi connectivity index (χ3n) is 3.08. The lowest BCUT2D eigenvalue weighted by Gasteiger charge is -2.32. The highest BCUT2D eigenvalue weighted by Gasteiger charge is 2.16. The van der Waals surface area contributed by atoms with E-state index >= 15 is 0 Å². The first-order valence-corrected chi connectivity index (χ1v) is 6.72. The summed E-state index contributed by atoms with van der Waals surface area (Å²) in [6.07, 6.45) is 0. The maximum absolute atomic E-state index is 5.19. The van der Waals surface area contributed by atoms with Crippen molar-refractivity contribution in [3.8, 4) is 0 Å². The molecule has 0 saturated carbocycles. The van der Waals surface area contributed by atoms with Gasteiger partial charge in [-0.25, -0.2) is 3.17 Å². The number of nitrogens with zero attached hydrogens (tertiary/aromatic N) is 2. The molecule has 2 rings (SSSR count). The molecule has 1 aliphatic rings. The van der Waals surface area contributed by atoms with E-state index in [1.54, 1.807) is 0 Å². The van der Waals surface area contributed by atoms with Gasteiger partial charge in [-0.15, -0.1) is 0 Å². The Hall–Kier alpha value is -0.370. The van der Waals surface area contributed by atoms with E-state index in [4.69, 9.17) is 3.17 Å². The summed E-state index contributed by atoms with van der Waals surface area (Å²) < 4.78 is 5.19. The van der Waals surface area contributed by atoms with Gasteiger partial charge in [0.05, 0.1) is 0 Å². The average molecular weight is 347 g/mol. The van der Waals surface area contributed by atoms with Crippen LogP contribution in [0.3, 0.4) is 0 Å². The average Bonchev–Trinajstić information content (AvgIpc) is 2.40. The van der Waals surface area contributed by atoms with Crippen molar-refractivity contribution in [3.05, 3.63) is 29.8 Å². The molecule has 94 valence electrons. The molecule has 0 aliphatic carbocycles. The number of hydrogen-bond acceptors (Lipinski definition) is 4. The van der Waals surface area contributed by atoms with Gasteiger partial charge < -0.3 is 5.32 Å². The van der Waals surface area contributed by atoms with E-state index in [2.05, 4.69) is 34.5 Å². The Morgan fingerprint density at radius 3 is 2.35 bits per heavy atom. The zero-order chi connectivity index (χ0) is 12.1. The smallest absolute Gasteiger partial charge is 0.137 e. The molecule has 5 heteroatoms. The Morgan fingerprint density at radius 1 is 1.18 bits per heavy atom. The summed E-state index contributed by atoms with van der Waals surface area (Å²) in [5.74, 6) is 0. The number of rotatable bonds is 4. The van der Waals surface area contributed by atoms with Gasteiger partial charge in [0.15, 0.2) is 0 Å². The zero-order valence-corrected chi connectivity index (χ0v) is 12.2. The molecule has 0 unspecified atom stereocenters. The van der Waals surface area contributed by atoms with Crippen molar-refractivity contribution in [1.29, 1.82) is 0 Å². The quantitative estimate of drug-likeness (QED) is 0.845. The van der Waals surface area contributed by atoms with Crippen LogP contribution in [0.2, 0.25) is 0 Å². The zero-order valence-electron chi connectivity index (χ0n) is 10.0. The van der Waals surface area contributed by atoms with Crippen molar-refractivity contribution in [3.63, 3.8) is 0 Å². The van der Waals surface area contributed by atoms with Crippen LogP contribution in [0.4, 0.5) is 5.69 Å². The summed E-state index contributed by atoms with van der Waals surface area (Å²) in [6, 6.07) is 8.62. The van der Waals surface area contributed by atoms with Crippen LogP contribution in [0.5, 0.6) is 0 Å². The molecule has 1 saturated heterocycles. The topological polar surface area (TPSA) is 27.7 Å². The summed E-state index contributed by atoms with van der Waals surface area (Å²) in [5.41, 5.74) is 2.53. The van der Waals surface area contributed by atoms with Crippen LogP contribution in [0.25, 0.3) is 0 Å². The Labute approximate surface area is 117 Å². The van der Waals surface area contributed by atoms with Crippen molar-refractivity contribution in [2.75, 3.05) is 38.5 Å². The second-order valence-corrected chi connectivity index (χ2v) is 4.62. The molecule has 1 fully saturated rings. The van der Waals surface area contributed by atoms with Gasteiger partial charge in [-0.3, -0.25) is 4.90 Å². The molecule has 0 atom stereocenters. The molecule has 0 amide bonds. The fourth-order valence-corrected chi connectivity index (χ4v) is 2.39. The van der Waals surface area contributed by atoms with Crippen molar-refractivity contribution >= 4 is 28.7 Å². The molecule has 1 N–H and O–H groups in total. The molecule has 1 aromatic carbocycles. The molecule has 4 nitrogen and oxygen atoms in total. The number of hydroxylamine groups is 2. The minimum absolute atomic E-state index is 0.984. The number of halogens is 1. The second kappa shape index (κ2) is 6.53. The molecule has 0 radical (unpaired) electrons. The summed E-state index contributed by atoms with van der Waals surface area (Å²) >= 11 is 1.95. The Balaban J connectivity index is 1.84. The second-order valence-electron chi connectivity index (χ2n) is 4.22. The number of nitrogens with one attached hydrogen (secondary N) is 1. The van der Waals surface area contributed by atoms with Crippen LogP contribution in [0.1, 0.15) is 5.56 Å². The lowest BCUT2D eigenvalue weighted by Crippen LogP contribution is -2.44. The predicted molar refractivity (Wildman–Crippen MR) is 77.9 cm³/mol. The molecular weight excluding hydrogens is 329 g/mol. The first-order valence-electron chi connectivity index (χ1n) is 5.84. The molecule has 0 bridgehead atoms. The Morgan fingerprint density at radius 2 is 1.82 bits per heavy atom. The standard InChI is InChI=1S/C12H18IN3O/c1-14-12-4-2-11(3-5-12)10-15-6-8-16(17-13)9-7-15/h2-5,14H,6-10H2,1H3. The van der Waals surface area contributed by atoms with Gasteiger partial charge in [-0.05, 0) is 17.7 Å². The maximum Gasteiger partial charge on any atom is 0.137 e. The fraction of sp³-hybridized carbons (Fsp3) is 0.500. The number of hydrogen-bond donors (Lipinski definition) is 1. The van der Waals surface area contributed by atoms with Crippen LogP contribution in [0, 0.1) is 0 Å². The van der Waals surface area contributed by atoms with E-state index in [0.29, 0.717) is 0 Å². The van der Waals surface area contributed by atoms with Crippen LogP contribution in [-0.2, 0) is 9.71 Å². The molecule has 1 aliphatic heterocycles. The lowest BCUT2D eigenvalue weighted by molar-refractivity contribution is -0.0510. The van der Waals surface area contributed by atoms with Crippen LogP contribution in [-0.4, -0.2) is 43.2 Å². The summed E-state index contributed by atoms with van der Waals surface area (Å²) in [4.78, 5) is 2.46. The van der Waals surface area contributed by atoms with Gasteiger partial charge in [0.1, 0.15) is 23.0 Å². The molecule has 17 heavy (non-hydrogen) atoms. The van der Waals surface area contributed by atoms with Crippen molar-refractivity contribution in [2.24, 2.45) is 0 Å². The minimum atomic E-state index is 0.984. The molecule has 0 spiro atoms. The van der Waals surface area contributed by atoms with E-state index in [9.17, 15) is 0 Å². The third-order valence-corrected chi connectivity index (χ3v) is 3.63. The van der Waals surface area contributed by atoms with Crippen LogP contribution in [0.15, 0.2) is 24.3 Å². The van der Waals surface area contributed by atoms with Gasteiger partial charge in [-0.1, -0.05) is 12.1 Å². The monoisotopic (exact) mass is 347 g/mol.